The minimum atomic E-state index is -0.391. The zero-order chi connectivity index (χ0) is 29.2. The van der Waals surface area contributed by atoms with Crippen LogP contribution in [0.25, 0.3) is 0 Å². The molecule has 2 aliphatic rings. The highest BCUT2D eigenvalue weighted by molar-refractivity contribution is 5.89. The molecule has 6 rings (SSSR count). The highest BCUT2D eigenvalue weighted by atomic mass is 16.5. The summed E-state index contributed by atoms with van der Waals surface area (Å²) in [5, 5.41) is 7.89. The van der Waals surface area contributed by atoms with E-state index in [2.05, 4.69) is 34.9 Å². The molecule has 0 radical (unpaired) electrons. The predicted octanol–water partition coefficient (Wildman–Crippen LogP) is 5.99. The molecule has 2 saturated heterocycles. The maximum atomic E-state index is 15.0. The largest absolute Gasteiger partial charge is 0.497 e. The first-order valence-corrected chi connectivity index (χ1v) is 14.2. The van der Waals surface area contributed by atoms with Crippen molar-refractivity contribution in [3.8, 4) is 23.0 Å². The third kappa shape index (κ3) is 5.10. The Labute approximate surface area is 246 Å². The smallest absolute Gasteiger partial charge is 0.146 e. The SMILES string of the molecule is COc1cccc([C@H]2N[C@H](c3cccc(OC)c3)C3C(=O)C2[C@@H](c2cccc(OC)c2)N[C@H]3c2cccc(OC)c2)c1. The molecule has 2 bridgehead atoms. The van der Waals surface area contributed by atoms with E-state index >= 15 is 0 Å². The summed E-state index contributed by atoms with van der Waals surface area (Å²) in [4.78, 5) is 15.0. The molecular formula is C35H36N2O5. The van der Waals surface area contributed by atoms with Gasteiger partial charge in [0, 0.05) is 24.2 Å². The first kappa shape index (κ1) is 27.8. The number of hydrogen-bond acceptors (Lipinski definition) is 7. The van der Waals surface area contributed by atoms with E-state index in [0.29, 0.717) is 0 Å². The third-order valence-corrected chi connectivity index (χ3v) is 8.62. The third-order valence-electron chi connectivity index (χ3n) is 8.62. The molecule has 2 unspecified atom stereocenters. The molecule has 4 aromatic rings. The minimum Gasteiger partial charge on any atom is -0.497 e. The molecule has 0 aliphatic carbocycles. The molecule has 2 heterocycles. The lowest BCUT2D eigenvalue weighted by atomic mass is 9.64. The second kappa shape index (κ2) is 11.9. The van der Waals surface area contributed by atoms with E-state index in [1.54, 1.807) is 28.4 Å². The molecule has 2 fully saturated rings. The number of nitrogens with one attached hydrogen (secondary N) is 2. The molecule has 0 spiro atoms. The number of benzene rings is 4. The molecule has 42 heavy (non-hydrogen) atoms. The molecule has 4 aromatic carbocycles. The molecule has 7 nitrogen and oxygen atoms in total. The standard InChI is InChI=1S/C35H36N2O5/c1-39-25-13-5-9-21(17-25)31-29-32(22-10-6-14-26(18-22)40-2)37-34(24-12-8-16-28(20-24)42-4)30(35(29)38)33(36-31)23-11-7-15-27(19-23)41-3/h5-20,29-34,36-37H,1-4H3/t29?,30?,31-,32-,33-,34+/m1/s1. The van der Waals surface area contributed by atoms with Gasteiger partial charge in [0.15, 0.2) is 0 Å². The van der Waals surface area contributed by atoms with Crippen LogP contribution in [0.1, 0.15) is 46.4 Å². The Morgan fingerprint density at radius 1 is 0.452 bits per heavy atom. The summed E-state index contributed by atoms with van der Waals surface area (Å²) >= 11 is 0. The van der Waals surface area contributed by atoms with Gasteiger partial charge in [-0.15, -0.1) is 0 Å². The molecule has 216 valence electrons. The fourth-order valence-corrected chi connectivity index (χ4v) is 6.62. The van der Waals surface area contributed by atoms with Gasteiger partial charge in [-0.1, -0.05) is 48.5 Å². The van der Waals surface area contributed by atoms with Crippen molar-refractivity contribution in [3.05, 3.63) is 119 Å². The van der Waals surface area contributed by atoms with Crippen molar-refractivity contribution in [2.45, 2.75) is 24.2 Å². The number of carbonyl (C=O) groups excluding carboxylic acids is 1. The van der Waals surface area contributed by atoms with Crippen LogP contribution in [-0.4, -0.2) is 34.2 Å². The quantitative estimate of drug-likeness (QED) is 0.272. The zero-order valence-electron chi connectivity index (χ0n) is 24.2. The Balaban J connectivity index is 1.54. The van der Waals surface area contributed by atoms with E-state index in [-0.39, 0.29) is 30.0 Å². The molecule has 2 aliphatic heterocycles. The number of rotatable bonds is 8. The van der Waals surface area contributed by atoms with Gasteiger partial charge >= 0.3 is 0 Å². The van der Waals surface area contributed by atoms with E-state index in [1.165, 1.54) is 0 Å². The van der Waals surface area contributed by atoms with Crippen LogP contribution in [0.2, 0.25) is 0 Å². The summed E-state index contributed by atoms with van der Waals surface area (Å²) in [5.41, 5.74) is 3.98. The van der Waals surface area contributed by atoms with E-state index < -0.39 is 11.8 Å². The van der Waals surface area contributed by atoms with Gasteiger partial charge in [0.25, 0.3) is 0 Å². The minimum absolute atomic E-state index is 0.203. The second-order valence-electron chi connectivity index (χ2n) is 10.8. The number of methoxy groups -OCH3 is 4. The van der Waals surface area contributed by atoms with Gasteiger partial charge < -0.3 is 29.6 Å². The van der Waals surface area contributed by atoms with Crippen LogP contribution in [0.15, 0.2) is 97.1 Å². The topological polar surface area (TPSA) is 78.1 Å². The van der Waals surface area contributed by atoms with Crippen LogP contribution < -0.4 is 29.6 Å². The number of ketones is 1. The van der Waals surface area contributed by atoms with Gasteiger partial charge in [-0.05, 0) is 70.8 Å². The lowest BCUT2D eigenvalue weighted by Gasteiger charge is -2.52. The van der Waals surface area contributed by atoms with E-state index in [9.17, 15) is 4.79 Å². The maximum Gasteiger partial charge on any atom is 0.146 e. The average Bonchev–Trinajstić information content (AvgIpc) is 3.05. The first-order valence-electron chi connectivity index (χ1n) is 14.2. The summed E-state index contributed by atoms with van der Waals surface area (Å²) in [6, 6.07) is 30.8. The number of ether oxygens (including phenoxy) is 4. The monoisotopic (exact) mass is 564 g/mol. The zero-order valence-corrected chi connectivity index (χ0v) is 24.2. The first-order chi connectivity index (χ1) is 20.5. The van der Waals surface area contributed by atoms with E-state index in [0.717, 1.165) is 45.3 Å². The van der Waals surface area contributed by atoms with Crippen LogP contribution in [-0.2, 0) is 4.79 Å². The Morgan fingerprint density at radius 3 is 0.952 bits per heavy atom. The fourth-order valence-electron chi connectivity index (χ4n) is 6.62. The van der Waals surface area contributed by atoms with Gasteiger partial charge in [-0.25, -0.2) is 0 Å². The number of fused-ring (bicyclic) bond motifs is 2. The van der Waals surface area contributed by atoms with Crippen molar-refractivity contribution in [2.24, 2.45) is 11.8 Å². The lowest BCUT2D eigenvalue weighted by molar-refractivity contribution is -0.139. The molecule has 0 amide bonds. The van der Waals surface area contributed by atoms with Crippen LogP contribution in [0.5, 0.6) is 23.0 Å². The Hall–Kier alpha value is -4.33. The number of Topliss-reactive ketones (excluding diaryl/α,β-unsaturated/α-hetero) is 1. The van der Waals surface area contributed by atoms with Crippen LogP contribution in [0, 0.1) is 11.8 Å². The fraction of sp³-hybridized carbons (Fsp3) is 0.286. The maximum absolute atomic E-state index is 15.0. The Morgan fingerprint density at radius 2 is 0.714 bits per heavy atom. The van der Waals surface area contributed by atoms with Crippen LogP contribution in [0.3, 0.4) is 0 Å². The molecule has 0 aromatic heterocycles. The van der Waals surface area contributed by atoms with E-state index in [4.69, 9.17) is 18.9 Å². The average molecular weight is 565 g/mol. The molecule has 0 saturated carbocycles. The van der Waals surface area contributed by atoms with Crippen molar-refractivity contribution in [2.75, 3.05) is 28.4 Å². The van der Waals surface area contributed by atoms with Crippen molar-refractivity contribution >= 4 is 5.78 Å². The summed E-state index contributed by atoms with van der Waals surface area (Å²) in [6.07, 6.45) is 0. The second-order valence-corrected chi connectivity index (χ2v) is 10.8. The summed E-state index contributed by atoms with van der Waals surface area (Å²) in [5.74, 6) is 2.41. The predicted molar refractivity (Wildman–Crippen MR) is 161 cm³/mol. The van der Waals surface area contributed by atoms with Gasteiger partial charge in [0.05, 0.1) is 40.3 Å². The van der Waals surface area contributed by atoms with Gasteiger partial charge in [-0.2, -0.15) is 0 Å². The number of carbonyl (C=O) groups is 1. The summed E-state index contributed by atoms with van der Waals surface area (Å²) in [7, 11) is 6.64. The Bertz CT molecular complexity index is 1350. The summed E-state index contributed by atoms with van der Waals surface area (Å²) < 4.78 is 22.3. The van der Waals surface area contributed by atoms with Crippen molar-refractivity contribution < 1.29 is 23.7 Å². The van der Waals surface area contributed by atoms with Gasteiger partial charge in [0.2, 0.25) is 0 Å². The summed E-state index contributed by atoms with van der Waals surface area (Å²) in [6.45, 7) is 0. The van der Waals surface area contributed by atoms with Gasteiger partial charge in [0.1, 0.15) is 28.8 Å². The Kier molecular flexibility index (Phi) is 7.87. The van der Waals surface area contributed by atoms with E-state index in [1.807, 2.05) is 72.8 Å². The van der Waals surface area contributed by atoms with Crippen molar-refractivity contribution in [3.63, 3.8) is 0 Å². The number of piperidine rings is 2. The van der Waals surface area contributed by atoms with Crippen molar-refractivity contribution in [1.82, 2.24) is 10.6 Å². The molecular weight excluding hydrogens is 528 g/mol. The normalized spacial score (nSPS) is 25.0. The van der Waals surface area contributed by atoms with Crippen LogP contribution in [0.4, 0.5) is 0 Å². The highest BCUT2D eigenvalue weighted by Gasteiger charge is 2.55. The molecule has 7 heteroatoms. The van der Waals surface area contributed by atoms with Gasteiger partial charge in [-0.3, -0.25) is 4.79 Å². The van der Waals surface area contributed by atoms with Crippen molar-refractivity contribution in [1.29, 1.82) is 0 Å². The van der Waals surface area contributed by atoms with Crippen LogP contribution >= 0.6 is 0 Å². The highest BCUT2D eigenvalue weighted by Crippen LogP contribution is 2.52. The lowest BCUT2D eigenvalue weighted by Crippen LogP contribution is -2.60. The molecule has 2 N–H and O–H groups in total. The molecule has 6 atom stereocenters. The number of hydrogen-bond donors (Lipinski definition) is 2.